The van der Waals surface area contributed by atoms with Gasteiger partial charge >= 0.3 is 0 Å². The van der Waals surface area contributed by atoms with Gasteiger partial charge in [-0.05, 0) is 12.1 Å². The molecule has 2 fully saturated rings. The zero-order valence-corrected chi connectivity index (χ0v) is 20.0. The first-order valence-electron chi connectivity index (χ1n) is 11.3. The number of amides is 3. The van der Waals surface area contributed by atoms with Crippen LogP contribution < -0.4 is 19.1 Å². The number of piperazine rings is 1. The summed E-state index contributed by atoms with van der Waals surface area (Å²) in [6, 6.07) is 9.79. The number of para-hydroxylation sites is 1. The number of carbonyl (C=O) groups excluding carboxylic acids is 3. The molecule has 2 aromatic carbocycles. The van der Waals surface area contributed by atoms with E-state index in [0.717, 1.165) is 0 Å². The molecule has 2 aliphatic rings. The van der Waals surface area contributed by atoms with E-state index in [1.165, 1.54) is 27.4 Å². The monoisotopic (exact) mass is 483 g/mol. The molecule has 0 radical (unpaired) electrons. The fourth-order valence-electron chi connectivity index (χ4n) is 4.56. The predicted molar refractivity (Wildman–Crippen MR) is 127 cm³/mol. The number of hydrogen-bond acceptors (Lipinski definition) is 7. The normalized spacial score (nSPS) is 18.0. The maximum absolute atomic E-state index is 13.2. The van der Waals surface area contributed by atoms with Crippen LogP contribution in [0.15, 0.2) is 36.4 Å². The summed E-state index contributed by atoms with van der Waals surface area (Å²) in [4.78, 5) is 43.6. The largest absolute Gasteiger partial charge is 0.507 e. The van der Waals surface area contributed by atoms with Gasteiger partial charge in [-0.25, -0.2) is 0 Å². The van der Waals surface area contributed by atoms with Crippen molar-refractivity contribution in [3.05, 3.63) is 42.0 Å². The lowest BCUT2D eigenvalue weighted by atomic mass is 10.1. The number of ether oxygens (including phenoxy) is 3. The molecule has 10 heteroatoms. The Morgan fingerprint density at radius 3 is 2.09 bits per heavy atom. The highest BCUT2D eigenvalue weighted by Crippen LogP contribution is 2.42. The summed E-state index contributed by atoms with van der Waals surface area (Å²) in [5, 5.41) is 9.96. The van der Waals surface area contributed by atoms with Crippen molar-refractivity contribution in [3.63, 3.8) is 0 Å². The second-order valence-corrected chi connectivity index (χ2v) is 8.42. The van der Waals surface area contributed by atoms with E-state index in [1.54, 1.807) is 45.0 Å². The Bertz CT molecular complexity index is 1100. The number of aromatic hydroxyl groups is 1. The number of methoxy groups -OCH3 is 3. The third-order valence-electron chi connectivity index (χ3n) is 6.45. The molecule has 1 unspecified atom stereocenters. The molecule has 2 aromatic rings. The number of benzene rings is 2. The van der Waals surface area contributed by atoms with E-state index in [2.05, 4.69) is 0 Å². The first-order chi connectivity index (χ1) is 16.9. The van der Waals surface area contributed by atoms with E-state index in [1.807, 2.05) is 0 Å². The maximum Gasteiger partial charge on any atom is 0.257 e. The Hall–Kier alpha value is -3.95. The Kier molecular flexibility index (Phi) is 6.99. The molecule has 1 atom stereocenters. The molecule has 4 rings (SSSR count). The molecule has 2 saturated heterocycles. The molecular weight excluding hydrogens is 454 g/mol. The topological polar surface area (TPSA) is 109 Å². The van der Waals surface area contributed by atoms with Crippen LogP contribution in [0.3, 0.4) is 0 Å². The molecular formula is C25H29N3O7. The van der Waals surface area contributed by atoms with Crippen LogP contribution in [0.25, 0.3) is 0 Å². The summed E-state index contributed by atoms with van der Waals surface area (Å²) < 4.78 is 16.1. The van der Waals surface area contributed by atoms with Crippen molar-refractivity contribution in [2.45, 2.75) is 6.42 Å². The fourth-order valence-corrected chi connectivity index (χ4v) is 4.56. The lowest BCUT2D eigenvalue weighted by molar-refractivity contribution is -0.137. The molecule has 0 aliphatic carbocycles. The zero-order valence-electron chi connectivity index (χ0n) is 20.0. The summed E-state index contributed by atoms with van der Waals surface area (Å²) >= 11 is 0. The molecule has 0 saturated carbocycles. The minimum absolute atomic E-state index is 0.0626. The van der Waals surface area contributed by atoms with Crippen LogP contribution in [0.2, 0.25) is 0 Å². The maximum atomic E-state index is 13.2. The van der Waals surface area contributed by atoms with E-state index < -0.39 is 5.92 Å². The van der Waals surface area contributed by atoms with Gasteiger partial charge in [0.25, 0.3) is 5.91 Å². The van der Waals surface area contributed by atoms with Gasteiger partial charge in [-0.2, -0.15) is 0 Å². The lowest BCUT2D eigenvalue weighted by Gasteiger charge is -2.36. The zero-order chi connectivity index (χ0) is 25.1. The summed E-state index contributed by atoms with van der Waals surface area (Å²) in [5.41, 5.74) is 0.813. The Balaban J connectivity index is 1.41. The lowest BCUT2D eigenvalue weighted by Crippen LogP contribution is -2.52. The van der Waals surface area contributed by atoms with Crippen LogP contribution in [-0.2, 0) is 9.59 Å². The van der Waals surface area contributed by atoms with Crippen LogP contribution in [0.1, 0.15) is 16.8 Å². The molecule has 0 aromatic heterocycles. The molecule has 2 heterocycles. The van der Waals surface area contributed by atoms with Crippen molar-refractivity contribution in [1.29, 1.82) is 0 Å². The van der Waals surface area contributed by atoms with Crippen LogP contribution in [0, 0.1) is 5.92 Å². The van der Waals surface area contributed by atoms with Gasteiger partial charge in [0, 0.05) is 51.3 Å². The minimum atomic E-state index is -0.484. The van der Waals surface area contributed by atoms with Gasteiger partial charge in [-0.1, -0.05) is 12.1 Å². The van der Waals surface area contributed by atoms with Gasteiger partial charge in [0.1, 0.15) is 5.75 Å². The van der Waals surface area contributed by atoms with Crippen molar-refractivity contribution in [2.24, 2.45) is 5.92 Å². The van der Waals surface area contributed by atoms with Crippen molar-refractivity contribution >= 4 is 23.4 Å². The van der Waals surface area contributed by atoms with Gasteiger partial charge < -0.3 is 34.0 Å². The number of phenolic OH excluding ortho intramolecular Hbond substituents is 1. The average molecular weight is 484 g/mol. The third kappa shape index (κ3) is 4.68. The Morgan fingerprint density at radius 1 is 0.914 bits per heavy atom. The fraction of sp³-hybridized carbons (Fsp3) is 0.400. The average Bonchev–Trinajstić information content (AvgIpc) is 3.28. The van der Waals surface area contributed by atoms with Gasteiger partial charge in [0.15, 0.2) is 11.5 Å². The van der Waals surface area contributed by atoms with Crippen LogP contribution in [0.4, 0.5) is 5.69 Å². The number of carbonyl (C=O) groups is 3. The standard InChI is InChI=1S/C25H29N3O7/c1-33-20-13-17(14-21(34-2)23(20)35-3)28-15-16(12-22(28)30)24(31)26-8-10-27(11-9-26)25(32)18-6-4-5-7-19(18)29/h4-7,13-14,16,29H,8-12,15H2,1-3H3. The highest BCUT2D eigenvalue weighted by atomic mass is 16.5. The molecule has 0 bridgehead atoms. The van der Waals surface area contributed by atoms with Gasteiger partial charge in [-0.3, -0.25) is 14.4 Å². The van der Waals surface area contributed by atoms with E-state index >= 15 is 0 Å². The summed E-state index contributed by atoms with van der Waals surface area (Å²) in [6.07, 6.45) is 0.104. The van der Waals surface area contributed by atoms with E-state index in [0.29, 0.717) is 49.1 Å². The molecule has 35 heavy (non-hydrogen) atoms. The second-order valence-electron chi connectivity index (χ2n) is 8.42. The van der Waals surface area contributed by atoms with Gasteiger partial charge in [0.05, 0.1) is 38.5 Å². The third-order valence-corrected chi connectivity index (χ3v) is 6.45. The number of anilines is 1. The smallest absolute Gasteiger partial charge is 0.257 e. The Labute approximate surface area is 203 Å². The number of rotatable bonds is 6. The van der Waals surface area contributed by atoms with Crippen LogP contribution in [-0.4, -0.2) is 86.7 Å². The van der Waals surface area contributed by atoms with E-state index in [-0.39, 0.29) is 42.0 Å². The molecule has 2 aliphatic heterocycles. The first kappa shape index (κ1) is 24.2. The second kappa shape index (κ2) is 10.1. The van der Waals surface area contributed by atoms with Crippen LogP contribution >= 0.6 is 0 Å². The highest BCUT2D eigenvalue weighted by Gasteiger charge is 2.39. The van der Waals surface area contributed by atoms with Crippen molar-refractivity contribution < 1.29 is 33.7 Å². The Morgan fingerprint density at radius 2 is 1.51 bits per heavy atom. The van der Waals surface area contributed by atoms with Crippen molar-refractivity contribution in [3.8, 4) is 23.0 Å². The van der Waals surface area contributed by atoms with Gasteiger partial charge in [-0.15, -0.1) is 0 Å². The summed E-state index contributed by atoms with van der Waals surface area (Å²) in [7, 11) is 4.51. The van der Waals surface area contributed by atoms with Crippen molar-refractivity contribution in [2.75, 3.05) is 59.0 Å². The predicted octanol–water partition coefficient (Wildman–Crippen LogP) is 1.76. The number of hydrogen-bond donors (Lipinski definition) is 1. The SMILES string of the molecule is COc1cc(N2CC(C(=O)N3CCN(C(=O)c4ccccc4O)CC3)CC2=O)cc(OC)c1OC. The first-order valence-corrected chi connectivity index (χ1v) is 11.3. The highest BCUT2D eigenvalue weighted by molar-refractivity contribution is 6.01. The number of phenols is 1. The van der Waals surface area contributed by atoms with E-state index in [9.17, 15) is 19.5 Å². The van der Waals surface area contributed by atoms with Crippen molar-refractivity contribution in [1.82, 2.24) is 9.80 Å². The van der Waals surface area contributed by atoms with E-state index in [4.69, 9.17) is 14.2 Å². The molecule has 186 valence electrons. The van der Waals surface area contributed by atoms with Crippen LogP contribution in [0.5, 0.6) is 23.0 Å². The molecule has 0 spiro atoms. The van der Waals surface area contributed by atoms with Gasteiger partial charge in [0.2, 0.25) is 17.6 Å². The minimum Gasteiger partial charge on any atom is -0.507 e. The number of nitrogens with zero attached hydrogens (tertiary/aromatic N) is 3. The summed E-state index contributed by atoms with van der Waals surface area (Å²) in [5.74, 6) is 0.196. The molecule has 3 amide bonds. The summed E-state index contributed by atoms with van der Waals surface area (Å²) in [6.45, 7) is 1.69. The molecule has 1 N–H and O–H groups in total. The quantitative estimate of drug-likeness (QED) is 0.667. The molecule has 10 nitrogen and oxygen atoms in total.